The van der Waals surface area contributed by atoms with E-state index in [9.17, 15) is 9.90 Å². The highest BCUT2D eigenvalue weighted by Crippen LogP contribution is 2.28. The number of rotatable bonds is 9. The van der Waals surface area contributed by atoms with Crippen molar-refractivity contribution in [2.24, 2.45) is 0 Å². The zero-order chi connectivity index (χ0) is 16.7. The molecule has 0 aliphatic carbocycles. The second kappa shape index (κ2) is 8.79. The molecule has 0 aliphatic heterocycles. The SMILES string of the molecule is CC(O)CSCCCc1cccc2c(OCC(=O)O)cccc12. The lowest BCUT2D eigenvalue weighted by Crippen LogP contribution is -2.09. The Labute approximate surface area is 140 Å². The predicted molar refractivity (Wildman–Crippen MR) is 94.4 cm³/mol. The molecular formula is C18H22O4S. The summed E-state index contributed by atoms with van der Waals surface area (Å²) in [7, 11) is 0. The van der Waals surface area contributed by atoms with Crippen LogP contribution in [-0.2, 0) is 11.2 Å². The number of fused-ring (bicyclic) bond motifs is 1. The van der Waals surface area contributed by atoms with Gasteiger partial charge in [0.1, 0.15) is 5.75 Å². The van der Waals surface area contributed by atoms with E-state index in [1.807, 2.05) is 24.3 Å². The van der Waals surface area contributed by atoms with Gasteiger partial charge in [-0.1, -0.05) is 30.3 Å². The molecule has 0 aromatic heterocycles. The smallest absolute Gasteiger partial charge is 0.341 e. The van der Waals surface area contributed by atoms with Gasteiger partial charge in [0, 0.05) is 11.1 Å². The van der Waals surface area contributed by atoms with Gasteiger partial charge in [0.15, 0.2) is 6.61 Å². The Bertz CT molecular complexity index is 655. The van der Waals surface area contributed by atoms with Crippen LogP contribution < -0.4 is 4.74 Å². The Kier molecular flexibility index (Phi) is 6.74. The van der Waals surface area contributed by atoms with Crippen LogP contribution in [-0.4, -0.2) is 40.4 Å². The van der Waals surface area contributed by atoms with Gasteiger partial charge in [-0.05, 0) is 42.5 Å². The van der Waals surface area contributed by atoms with E-state index in [1.54, 1.807) is 24.8 Å². The fourth-order valence-electron chi connectivity index (χ4n) is 2.45. The molecule has 0 fully saturated rings. The molecule has 23 heavy (non-hydrogen) atoms. The number of hydrogen-bond donors (Lipinski definition) is 2. The van der Waals surface area contributed by atoms with Crippen LogP contribution >= 0.6 is 11.8 Å². The van der Waals surface area contributed by atoms with Crippen LogP contribution in [0.15, 0.2) is 36.4 Å². The van der Waals surface area contributed by atoms with Gasteiger partial charge in [-0.25, -0.2) is 4.79 Å². The summed E-state index contributed by atoms with van der Waals surface area (Å²) in [6.45, 7) is 1.47. The minimum atomic E-state index is -0.978. The third kappa shape index (κ3) is 5.44. The molecule has 0 heterocycles. The lowest BCUT2D eigenvalue weighted by Gasteiger charge is -2.11. The molecule has 124 valence electrons. The third-order valence-electron chi connectivity index (χ3n) is 3.42. The molecule has 0 spiro atoms. The average molecular weight is 334 g/mol. The van der Waals surface area contributed by atoms with Gasteiger partial charge < -0.3 is 14.9 Å². The van der Waals surface area contributed by atoms with Crippen LogP contribution in [0.25, 0.3) is 10.8 Å². The largest absolute Gasteiger partial charge is 0.481 e. The van der Waals surface area contributed by atoms with Crippen LogP contribution in [0.3, 0.4) is 0 Å². The number of aryl methyl sites for hydroxylation is 1. The summed E-state index contributed by atoms with van der Waals surface area (Å²) in [4.78, 5) is 10.7. The fraction of sp³-hybridized carbons (Fsp3) is 0.389. The minimum absolute atomic E-state index is 0.258. The van der Waals surface area contributed by atoms with Gasteiger partial charge in [0.25, 0.3) is 0 Å². The normalized spacial score (nSPS) is 12.3. The van der Waals surface area contributed by atoms with Gasteiger partial charge >= 0.3 is 5.97 Å². The first-order chi connectivity index (χ1) is 11.1. The highest BCUT2D eigenvalue weighted by molar-refractivity contribution is 7.99. The van der Waals surface area contributed by atoms with E-state index in [1.165, 1.54) is 5.56 Å². The summed E-state index contributed by atoms with van der Waals surface area (Å²) in [6, 6.07) is 11.8. The molecule has 0 saturated carbocycles. The standard InChI is InChI=1S/C18H22O4S/c1-13(19)12-23-10-4-6-14-5-2-8-16-15(14)7-3-9-17(16)22-11-18(20)21/h2-3,5,7-9,13,19H,4,6,10-12H2,1H3,(H,20,21). The number of aliphatic hydroxyl groups is 1. The first-order valence-corrected chi connectivity index (χ1v) is 8.84. The molecule has 2 aromatic carbocycles. The van der Waals surface area contributed by atoms with Crippen molar-refractivity contribution < 1.29 is 19.7 Å². The van der Waals surface area contributed by atoms with Crippen LogP contribution in [0.2, 0.25) is 0 Å². The van der Waals surface area contributed by atoms with Crippen molar-refractivity contribution in [1.82, 2.24) is 0 Å². The zero-order valence-electron chi connectivity index (χ0n) is 13.2. The summed E-state index contributed by atoms with van der Waals surface area (Å²) < 4.78 is 5.37. The van der Waals surface area contributed by atoms with Crippen molar-refractivity contribution >= 4 is 28.5 Å². The Morgan fingerprint density at radius 2 is 1.96 bits per heavy atom. The Morgan fingerprint density at radius 1 is 1.22 bits per heavy atom. The second-order valence-electron chi connectivity index (χ2n) is 5.48. The molecule has 1 atom stereocenters. The van der Waals surface area contributed by atoms with Gasteiger partial charge in [0.05, 0.1) is 6.10 Å². The number of thioether (sulfide) groups is 1. The molecule has 0 bridgehead atoms. The average Bonchev–Trinajstić information content (AvgIpc) is 2.52. The Balaban J connectivity index is 2.06. The molecular weight excluding hydrogens is 312 g/mol. The molecule has 0 aliphatic rings. The first-order valence-electron chi connectivity index (χ1n) is 7.69. The number of carboxylic acids is 1. The molecule has 0 amide bonds. The summed E-state index contributed by atoms with van der Waals surface area (Å²) >= 11 is 1.76. The minimum Gasteiger partial charge on any atom is -0.481 e. The highest BCUT2D eigenvalue weighted by atomic mass is 32.2. The maximum Gasteiger partial charge on any atom is 0.341 e. The summed E-state index contributed by atoms with van der Waals surface area (Å²) in [5, 5.41) is 20.1. The molecule has 4 nitrogen and oxygen atoms in total. The van der Waals surface area contributed by atoms with Crippen molar-refractivity contribution in [3.05, 3.63) is 42.0 Å². The molecule has 0 saturated heterocycles. The van der Waals surface area contributed by atoms with Crippen molar-refractivity contribution in [1.29, 1.82) is 0 Å². The topological polar surface area (TPSA) is 66.8 Å². The van der Waals surface area contributed by atoms with Crippen LogP contribution in [0, 0.1) is 0 Å². The number of ether oxygens (including phenoxy) is 1. The van der Waals surface area contributed by atoms with Gasteiger partial charge in [-0.3, -0.25) is 0 Å². The van der Waals surface area contributed by atoms with Gasteiger partial charge in [0.2, 0.25) is 0 Å². The lowest BCUT2D eigenvalue weighted by atomic mass is 10.0. The number of benzene rings is 2. The number of carboxylic acid groups (broad SMARTS) is 1. The molecule has 2 N–H and O–H groups in total. The van der Waals surface area contributed by atoms with E-state index in [4.69, 9.17) is 9.84 Å². The van der Waals surface area contributed by atoms with Crippen molar-refractivity contribution in [2.45, 2.75) is 25.9 Å². The van der Waals surface area contributed by atoms with Crippen molar-refractivity contribution in [3.8, 4) is 5.75 Å². The summed E-state index contributed by atoms with van der Waals surface area (Å²) in [5.41, 5.74) is 1.24. The van der Waals surface area contributed by atoms with E-state index in [0.29, 0.717) is 5.75 Å². The van der Waals surface area contributed by atoms with Gasteiger partial charge in [-0.2, -0.15) is 11.8 Å². The highest BCUT2D eigenvalue weighted by Gasteiger charge is 2.07. The predicted octanol–water partition coefficient (Wildman–Crippen LogP) is 3.35. The maximum absolute atomic E-state index is 10.7. The molecule has 2 aromatic rings. The van der Waals surface area contributed by atoms with Gasteiger partial charge in [-0.15, -0.1) is 0 Å². The number of carbonyl (C=O) groups is 1. The lowest BCUT2D eigenvalue weighted by molar-refractivity contribution is -0.139. The fourth-order valence-corrected chi connectivity index (χ4v) is 3.30. The number of aliphatic carboxylic acids is 1. The number of hydrogen-bond acceptors (Lipinski definition) is 4. The quantitative estimate of drug-likeness (QED) is 0.688. The van der Waals surface area contributed by atoms with E-state index in [-0.39, 0.29) is 12.7 Å². The zero-order valence-corrected chi connectivity index (χ0v) is 14.0. The van der Waals surface area contributed by atoms with Crippen molar-refractivity contribution in [2.75, 3.05) is 18.1 Å². The van der Waals surface area contributed by atoms with E-state index >= 15 is 0 Å². The van der Waals surface area contributed by atoms with Crippen LogP contribution in [0.1, 0.15) is 18.9 Å². The third-order valence-corrected chi connectivity index (χ3v) is 4.71. The summed E-state index contributed by atoms with van der Waals surface area (Å²) in [5.74, 6) is 1.41. The van der Waals surface area contributed by atoms with E-state index in [0.717, 1.165) is 35.1 Å². The second-order valence-corrected chi connectivity index (χ2v) is 6.63. The Morgan fingerprint density at radius 3 is 2.70 bits per heavy atom. The van der Waals surface area contributed by atoms with E-state index in [2.05, 4.69) is 6.07 Å². The Hall–Kier alpha value is -1.72. The summed E-state index contributed by atoms with van der Waals surface area (Å²) in [6.07, 6.45) is 1.73. The molecule has 0 radical (unpaired) electrons. The number of aliphatic hydroxyl groups excluding tert-OH is 1. The molecule has 2 rings (SSSR count). The molecule has 1 unspecified atom stereocenters. The van der Waals surface area contributed by atoms with Crippen molar-refractivity contribution in [3.63, 3.8) is 0 Å². The van der Waals surface area contributed by atoms with Crippen LogP contribution in [0.5, 0.6) is 5.75 Å². The maximum atomic E-state index is 10.7. The first kappa shape index (κ1) is 17.6. The van der Waals surface area contributed by atoms with Crippen LogP contribution in [0.4, 0.5) is 0 Å². The monoisotopic (exact) mass is 334 g/mol. The molecule has 5 heteroatoms. The van der Waals surface area contributed by atoms with E-state index < -0.39 is 5.97 Å².